The summed E-state index contributed by atoms with van der Waals surface area (Å²) < 4.78 is 0. The van der Waals surface area contributed by atoms with Gasteiger partial charge in [0, 0.05) is 35.4 Å². The van der Waals surface area contributed by atoms with Crippen molar-refractivity contribution in [3.05, 3.63) is 78.1 Å². The summed E-state index contributed by atoms with van der Waals surface area (Å²) in [6.07, 6.45) is 4.23. The van der Waals surface area contributed by atoms with Gasteiger partial charge >= 0.3 is 0 Å². The molecule has 0 aliphatic carbocycles. The second-order valence-electron chi connectivity index (χ2n) is 6.14. The molecule has 2 heterocycles. The lowest BCUT2D eigenvalue weighted by Crippen LogP contribution is -2.35. The first-order valence-corrected chi connectivity index (χ1v) is 8.28. The van der Waals surface area contributed by atoms with E-state index in [-0.39, 0.29) is 11.9 Å². The highest BCUT2D eigenvalue weighted by Gasteiger charge is 2.31. The molecule has 1 aliphatic heterocycles. The van der Waals surface area contributed by atoms with E-state index < -0.39 is 0 Å². The Bertz CT molecular complexity index is 910. The fourth-order valence-corrected chi connectivity index (χ4v) is 3.24. The number of amides is 1. The monoisotopic (exact) mass is 330 g/mol. The number of para-hydroxylation sites is 1. The zero-order valence-corrected chi connectivity index (χ0v) is 13.9. The number of anilines is 3. The van der Waals surface area contributed by atoms with Gasteiger partial charge in [-0.15, -0.1) is 0 Å². The summed E-state index contributed by atoms with van der Waals surface area (Å²) in [4.78, 5) is 23.3. The van der Waals surface area contributed by atoms with Crippen LogP contribution >= 0.6 is 0 Å². The van der Waals surface area contributed by atoms with Gasteiger partial charge in [0.1, 0.15) is 0 Å². The van der Waals surface area contributed by atoms with Crippen LogP contribution in [0.3, 0.4) is 0 Å². The quantitative estimate of drug-likeness (QED) is 0.793. The normalized spacial score (nSPS) is 15.7. The van der Waals surface area contributed by atoms with E-state index in [4.69, 9.17) is 0 Å². The van der Waals surface area contributed by atoms with Crippen LogP contribution in [0.4, 0.5) is 17.3 Å². The molecule has 2 aromatic carbocycles. The first-order valence-electron chi connectivity index (χ1n) is 8.28. The molecule has 1 amide bonds. The molecular weight excluding hydrogens is 312 g/mol. The molecule has 0 saturated carbocycles. The van der Waals surface area contributed by atoms with Gasteiger partial charge in [0.05, 0.1) is 0 Å². The van der Waals surface area contributed by atoms with Crippen molar-refractivity contribution in [2.24, 2.45) is 0 Å². The minimum Gasteiger partial charge on any atom is -0.324 e. The SMILES string of the molecule is CC1Cc2ccccc2N1C(=O)c1cccc(Nc2ncccn2)c1. The number of hydrogen-bond donors (Lipinski definition) is 1. The smallest absolute Gasteiger partial charge is 0.258 e. The van der Waals surface area contributed by atoms with Crippen molar-refractivity contribution in [1.82, 2.24) is 9.97 Å². The lowest BCUT2D eigenvalue weighted by atomic mass is 10.1. The number of carbonyl (C=O) groups excluding carboxylic acids is 1. The van der Waals surface area contributed by atoms with E-state index in [1.54, 1.807) is 18.5 Å². The maximum absolute atomic E-state index is 13.1. The standard InChI is InChI=1S/C20H18N4O/c1-14-12-15-6-2-3-9-18(15)24(14)19(25)16-7-4-8-17(13-16)23-20-21-10-5-11-22-20/h2-11,13-14H,12H2,1H3,(H,21,22,23). The summed E-state index contributed by atoms with van der Waals surface area (Å²) in [6.45, 7) is 2.08. The Morgan fingerprint density at radius 3 is 2.72 bits per heavy atom. The topological polar surface area (TPSA) is 58.1 Å². The van der Waals surface area contributed by atoms with E-state index >= 15 is 0 Å². The van der Waals surface area contributed by atoms with Crippen LogP contribution in [0.1, 0.15) is 22.8 Å². The second-order valence-corrected chi connectivity index (χ2v) is 6.14. The number of rotatable bonds is 3. The molecule has 0 fully saturated rings. The van der Waals surface area contributed by atoms with Gasteiger partial charge in [-0.2, -0.15) is 0 Å². The lowest BCUT2D eigenvalue weighted by molar-refractivity contribution is 0.0981. The summed E-state index contributed by atoms with van der Waals surface area (Å²) in [5.41, 5.74) is 3.65. The van der Waals surface area contributed by atoms with E-state index in [1.807, 2.05) is 47.4 Å². The molecule has 5 nitrogen and oxygen atoms in total. The van der Waals surface area contributed by atoms with Crippen molar-refractivity contribution in [2.45, 2.75) is 19.4 Å². The number of hydrogen-bond acceptors (Lipinski definition) is 4. The minimum atomic E-state index is 0.00933. The van der Waals surface area contributed by atoms with Gasteiger partial charge in [0.25, 0.3) is 5.91 Å². The molecule has 25 heavy (non-hydrogen) atoms. The van der Waals surface area contributed by atoms with Gasteiger partial charge in [-0.3, -0.25) is 4.79 Å². The third kappa shape index (κ3) is 2.96. The maximum Gasteiger partial charge on any atom is 0.258 e. The van der Waals surface area contributed by atoms with Gasteiger partial charge < -0.3 is 10.2 Å². The van der Waals surface area contributed by atoms with Gasteiger partial charge in [0.2, 0.25) is 5.95 Å². The van der Waals surface area contributed by atoms with Crippen molar-refractivity contribution in [3.63, 3.8) is 0 Å². The first-order chi connectivity index (χ1) is 12.2. The largest absolute Gasteiger partial charge is 0.324 e. The van der Waals surface area contributed by atoms with Crippen LogP contribution in [0.25, 0.3) is 0 Å². The summed E-state index contributed by atoms with van der Waals surface area (Å²) >= 11 is 0. The van der Waals surface area contributed by atoms with Crippen molar-refractivity contribution < 1.29 is 4.79 Å². The Morgan fingerprint density at radius 1 is 1.08 bits per heavy atom. The number of fused-ring (bicyclic) bond motifs is 1. The van der Waals surface area contributed by atoms with Gasteiger partial charge in [0.15, 0.2) is 0 Å². The molecule has 5 heteroatoms. The Kier molecular flexibility index (Phi) is 3.90. The van der Waals surface area contributed by atoms with Crippen molar-refractivity contribution in [3.8, 4) is 0 Å². The third-order valence-corrected chi connectivity index (χ3v) is 4.36. The molecule has 3 aromatic rings. The molecule has 1 atom stereocenters. The molecule has 0 saturated heterocycles. The highest BCUT2D eigenvalue weighted by Crippen LogP contribution is 2.33. The highest BCUT2D eigenvalue weighted by atomic mass is 16.2. The number of nitrogens with zero attached hydrogens (tertiary/aromatic N) is 3. The summed E-state index contributed by atoms with van der Waals surface area (Å²) in [5.74, 6) is 0.516. The van der Waals surface area contributed by atoms with Gasteiger partial charge in [-0.1, -0.05) is 24.3 Å². The van der Waals surface area contributed by atoms with E-state index in [0.717, 1.165) is 17.8 Å². The third-order valence-electron chi connectivity index (χ3n) is 4.36. The molecule has 0 spiro atoms. The molecule has 1 aliphatic rings. The molecular formula is C20H18N4O. The average Bonchev–Trinajstić information content (AvgIpc) is 2.98. The second kappa shape index (κ2) is 6.36. The molecule has 0 radical (unpaired) electrons. The van der Waals surface area contributed by atoms with Crippen LogP contribution in [-0.2, 0) is 6.42 Å². The number of carbonyl (C=O) groups is 1. The summed E-state index contributed by atoms with van der Waals surface area (Å²) in [5, 5.41) is 3.13. The average molecular weight is 330 g/mol. The van der Waals surface area contributed by atoms with E-state index in [0.29, 0.717) is 11.5 Å². The van der Waals surface area contributed by atoms with Crippen molar-refractivity contribution in [2.75, 3.05) is 10.2 Å². The number of benzene rings is 2. The highest BCUT2D eigenvalue weighted by molar-refractivity contribution is 6.08. The predicted molar refractivity (Wildman–Crippen MR) is 98.2 cm³/mol. The summed E-state index contributed by atoms with van der Waals surface area (Å²) in [6, 6.07) is 17.4. The Hall–Kier alpha value is -3.21. The van der Waals surface area contributed by atoms with Crippen LogP contribution in [-0.4, -0.2) is 21.9 Å². The maximum atomic E-state index is 13.1. The van der Waals surface area contributed by atoms with Crippen LogP contribution in [0.2, 0.25) is 0 Å². The Balaban J connectivity index is 1.62. The zero-order valence-electron chi connectivity index (χ0n) is 13.9. The van der Waals surface area contributed by atoms with Crippen molar-refractivity contribution >= 4 is 23.2 Å². The number of nitrogens with one attached hydrogen (secondary N) is 1. The lowest BCUT2D eigenvalue weighted by Gasteiger charge is -2.23. The molecule has 4 rings (SSSR count). The van der Waals surface area contributed by atoms with Crippen LogP contribution in [0.15, 0.2) is 67.0 Å². The van der Waals surface area contributed by atoms with Gasteiger partial charge in [-0.05, 0) is 49.2 Å². The molecule has 1 unspecified atom stereocenters. The van der Waals surface area contributed by atoms with Crippen LogP contribution in [0, 0.1) is 0 Å². The molecule has 1 N–H and O–H groups in total. The van der Waals surface area contributed by atoms with E-state index in [9.17, 15) is 4.79 Å². The molecule has 124 valence electrons. The molecule has 1 aromatic heterocycles. The Labute approximate surface area is 146 Å². The zero-order chi connectivity index (χ0) is 17.2. The first kappa shape index (κ1) is 15.3. The minimum absolute atomic E-state index is 0.00933. The molecule has 0 bridgehead atoms. The van der Waals surface area contributed by atoms with Crippen molar-refractivity contribution in [1.29, 1.82) is 0 Å². The fraction of sp³-hybridized carbons (Fsp3) is 0.150. The van der Waals surface area contributed by atoms with Crippen LogP contribution < -0.4 is 10.2 Å². The van der Waals surface area contributed by atoms with Crippen LogP contribution in [0.5, 0.6) is 0 Å². The summed E-state index contributed by atoms with van der Waals surface area (Å²) in [7, 11) is 0. The number of aromatic nitrogens is 2. The van der Waals surface area contributed by atoms with E-state index in [1.165, 1.54) is 5.56 Å². The van der Waals surface area contributed by atoms with Gasteiger partial charge in [-0.25, -0.2) is 9.97 Å². The fourth-order valence-electron chi connectivity index (χ4n) is 3.24. The Morgan fingerprint density at radius 2 is 1.88 bits per heavy atom. The van der Waals surface area contributed by atoms with E-state index in [2.05, 4.69) is 28.3 Å². The predicted octanol–water partition coefficient (Wildman–Crippen LogP) is 3.81.